The zero-order valence-corrected chi connectivity index (χ0v) is 19.8. The molecule has 0 saturated heterocycles. The highest BCUT2D eigenvalue weighted by atomic mass is 19.1. The minimum Gasteiger partial charge on any atom is -0.497 e. The third-order valence-corrected chi connectivity index (χ3v) is 6.70. The van der Waals surface area contributed by atoms with Gasteiger partial charge in [-0.3, -0.25) is 9.59 Å². The molecular formula is C28H31FN2O3. The van der Waals surface area contributed by atoms with Crippen LogP contribution in [0.25, 0.3) is 11.1 Å². The van der Waals surface area contributed by atoms with Gasteiger partial charge in [-0.15, -0.1) is 0 Å². The van der Waals surface area contributed by atoms with E-state index in [-0.39, 0.29) is 35.4 Å². The minimum atomic E-state index is -0.323. The highest BCUT2D eigenvalue weighted by Gasteiger charge is 2.22. The molecule has 178 valence electrons. The Labute approximate surface area is 199 Å². The van der Waals surface area contributed by atoms with Crippen molar-refractivity contribution in [3.8, 4) is 16.9 Å². The molecule has 2 aromatic carbocycles. The Balaban J connectivity index is 1.75. The Morgan fingerprint density at radius 2 is 1.68 bits per heavy atom. The van der Waals surface area contributed by atoms with Gasteiger partial charge in [-0.05, 0) is 61.2 Å². The van der Waals surface area contributed by atoms with Gasteiger partial charge < -0.3 is 14.6 Å². The van der Waals surface area contributed by atoms with Gasteiger partial charge in [0.25, 0.3) is 5.56 Å². The summed E-state index contributed by atoms with van der Waals surface area (Å²) in [4.78, 5) is 26.6. The lowest BCUT2D eigenvalue weighted by Gasteiger charge is -2.19. The quantitative estimate of drug-likeness (QED) is 0.462. The standard InChI is InChI=1S/C28H31FN2O3/c1-19-25(21-11-15-24(34-2)16-12-21)17-26(30-27(32)22-7-5-3-4-6-8-22)28(33)31(19)18-20-9-13-23(29)14-10-20/h9-17,22H,3-8,18H2,1-2H3,(H,30,32). The van der Waals surface area contributed by atoms with E-state index in [0.29, 0.717) is 0 Å². The maximum absolute atomic E-state index is 13.5. The van der Waals surface area contributed by atoms with Crippen LogP contribution in [0.15, 0.2) is 59.4 Å². The first-order chi connectivity index (χ1) is 16.5. The van der Waals surface area contributed by atoms with E-state index < -0.39 is 0 Å². The summed E-state index contributed by atoms with van der Waals surface area (Å²) < 4.78 is 20.3. The van der Waals surface area contributed by atoms with Crippen molar-refractivity contribution in [2.75, 3.05) is 12.4 Å². The molecule has 5 nitrogen and oxygen atoms in total. The number of nitrogens with one attached hydrogen (secondary N) is 1. The first-order valence-corrected chi connectivity index (χ1v) is 11.9. The average Bonchev–Trinajstić information content (AvgIpc) is 3.14. The summed E-state index contributed by atoms with van der Waals surface area (Å²) in [6.45, 7) is 2.17. The highest BCUT2D eigenvalue weighted by Crippen LogP contribution is 2.28. The number of pyridine rings is 1. The molecule has 0 bridgehead atoms. The number of benzene rings is 2. The second-order valence-electron chi connectivity index (χ2n) is 8.98. The number of anilines is 1. The van der Waals surface area contributed by atoms with Crippen LogP contribution in [-0.2, 0) is 11.3 Å². The maximum Gasteiger partial charge on any atom is 0.274 e. The summed E-state index contributed by atoms with van der Waals surface area (Å²) in [5.41, 5.74) is 3.34. The van der Waals surface area contributed by atoms with Gasteiger partial charge in [-0.1, -0.05) is 49.9 Å². The number of halogens is 1. The average molecular weight is 463 g/mol. The smallest absolute Gasteiger partial charge is 0.274 e. The van der Waals surface area contributed by atoms with Crippen LogP contribution >= 0.6 is 0 Å². The van der Waals surface area contributed by atoms with Crippen LogP contribution in [0.3, 0.4) is 0 Å². The summed E-state index contributed by atoms with van der Waals surface area (Å²) in [5.74, 6) is 0.258. The predicted octanol–water partition coefficient (Wildman–Crippen LogP) is 5.93. The van der Waals surface area contributed by atoms with Crippen LogP contribution in [0, 0.1) is 18.7 Å². The summed E-state index contributed by atoms with van der Waals surface area (Å²) in [5, 5.41) is 2.95. The third-order valence-electron chi connectivity index (χ3n) is 6.70. The van der Waals surface area contributed by atoms with Gasteiger partial charge in [0.15, 0.2) is 0 Å². The fourth-order valence-electron chi connectivity index (χ4n) is 4.65. The molecule has 1 saturated carbocycles. The van der Waals surface area contributed by atoms with Crippen molar-refractivity contribution in [3.63, 3.8) is 0 Å². The molecule has 1 aromatic heterocycles. The van der Waals surface area contributed by atoms with Gasteiger partial charge in [0.05, 0.1) is 13.7 Å². The lowest BCUT2D eigenvalue weighted by molar-refractivity contribution is -0.120. The molecule has 0 radical (unpaired) electrons. The summed E-state index contributed by atoms with van der Waals surface area (Å²) in [7, 11) is 1.62. The van der Waals surface area contributed by atoms with Crippen LogP contribution in [0.2, 0.25) is 0 Å². The van der Waals surface area contributed by atoms with Crippen molar-refractivity contribution in [2.45, 2.75) is 52.0 Å². The number of methoxy groups -OCH3 is 1. The largest absolute Gasteiger partial charge is 0.497 e. The molecule has 0 spiro atoms. The first-order valence-electron chi connectivity index (χ1n) is 11.9. The van der Waals surface area contributed by atoms with E-state index >= 15 is 0 Å². The Morgan fingerprint density at radius 3 is 2.29 bits per heavy atom. The zero-order chi connectivity index (χ0) is 24.1. The summed E-state index contributed by atoms with van der Waals surface area (Å²) >= 11 is 0. The number of rotatable bonds is 6. The number of carbonyl (C=O) groups is 1. The highest BCUT2D eigenvalue weighted by molar-refractivity contribution is 5.93. The van der Waals surface area contributed by atoms with Crippen LogP contribution in [0.4, 0.5) is 10.1 Å². The van der Waals surface area contributed by atoms with Crippen molar-refractivity contribution >= 4 is 11.6 Å². The second-order valence-corrected chi connectivity index (χ2v) is 8.98. The van der Waals surface area contributed by atoms with E-state index in [2.05, 4.69) is 5.32 Å². The van der Waals surface area contributed by atoms with E-state index in [9.17, 15) is 14.0 Å². The molecule has 4 rings (SSSR count). The van der Waals surface area contributed by atoms with E-state index in [0.717, 1.165) is 66.7 Å². The van der Waals surface area contributed by atoms with Crippen molar-refractivity contribution < 1.29 is 13.9 Å². The first kappa shape index (κ1) is 23.7. The van der Waals surface area contributed by atoms with Gasteiger partial charge in [0.1, 0.15) is 17.3 Å². The minimum absolute atomic E-state index is 0.0711. The molecule has 1 heterocycles. The fourth-order valence-corrected chi connectivity index (χ4v) is 4.65. The number of hydrogen-bond acceptors (Lipinski definition) is 3. The van der Waals surface area contributed by atoms with Crippen LogP contribution in [-0.4, -0.2) is 17.6 Å². The zero-order valence-electron chi connectivity index (χ0n) is 19.8. The SMILES string of the molecule is COc1ccc(-c2cc(NC(=O)C3CCCCCC3)c(=O)n(Cc3ccc(F)cc3)c2C)cc1. The molecule has 0 atom stereocenters. The van der Waals surface area contributed by atoms with Crippen molar-refractivity contribution in [3.05, 3.63) is 82.0 Å². The van der Waals surface area contributed by atoms with E-state index in [1.165, 1.54) is 12.1 Å². The van der Waals surface area contributed by atoms with E-state index in [1.807, 2.05) is 31.2 Å². The Hall–Kier alpha value is -3.41. The molecule has 1 aliphatic rings. The van der Waals surface area contributed by atoms with Crippen LogP contribution in [0.1, 0.15) is 49.8 Å². The van der Waals surface area contributed by atoms with Crippen LogP contribution < -0.4 is 15.6 Å². The Bertz CT molecular complexity index is 1190. The molecule has 1 aliphatic carbocycles. The lowest BCUT2D eigenvalue weighted by Crippen LogP contribution is -2.31. The molecule has 3 aromatic rings. The normalized spacial score (nSPS) is 14.4. The Kier molecular flexibility index (Phi) is 7.46. The third kappa shape index (κ3) is 5.38. The van der Waals surface area contributed by atoms with Crippen molar-refractivity contribution in [1.29, 1.82) is 0 Å². The second kappa shape index (κ2) is 10.7. The van der Waals surface area contributed by atoms with Gasteiger partial charge in [0.2, 0.25) is 5.91 Å². The molecule has 1 amide bonds. The Morgan fingerprint density at radius 1 is 1.03 bits per heavy atom. The molecule has 6 heteroatoms. The number of carbonyl (C=O) groups excluding carboxylic acids is 1. The van der Waals surface area contributed by atoms with Crippen LogP contribution in [0.5, 0.6) is 5.75 Å². The molecule has 0 aliphatic heterocycles. The number of aromatic nitrogens is 1. The molecule has 1 fully saturated rings. The summed E-state index contributed by atoms with van der Waals surface area (Å²) in [6.07, 6.45) is 6.09. The number of nitrogens with zero attached hydrogens (tertiary/aromatic N) is 1. The number of ether oxygens (including phenoxy) is 1. The van der Waals surface area contributed by atoms with Gasteiger partial charge in [0, 0.05) is 17.2 Å². The summed E-state index contributed by atoms with van der Waals surface area (Å²) in [6, 6.07) is 15.5. The number of amides is 1. The monoisotopic (exact) mass is 462 g/mol. The van der Waals surface area contributed by atoms with Crippen molar-refractivity contribution in [1.82, 2.24) is 4.57 Å². The van der Waals surface area contributed by atoms with Gasteiger partial charge in [-0.25, -0.2) is 4.39 Å². The topological polar surface area (TPSA) is 60.3 Å². The van der Waals surface area contributed by atoms with Gasteiger partial charge in [-0.2, -0.15) is 0 Å². The molecule has 0 unspecified atom stereocenters. The van der Waals surface area contributed by atoms with E-state index in [4.69, 9.17) is 4.74 Å². The van der Waals surface area contributed by atoms with E-state index in [1.54, 1.807) is 29.9 Å². The molecule has 34 heavy (non-hydrogen) atoms. The molecular weight excluding hydrogens is 431 g/mol. The van der Waals surface area contributed by atoms with Crippen molar-refractivity contribution in [2.24, 2.45) is 5.92 Å². The maximum atomic E-state index is 13.5. The predicted molar refractivity (Wildman–Crippen MR) is 133 cm³/mol. The lowest BCUT2D eigenvalue weighted by atomic mass is 9.99. The van der Waals surface area contributed by atoms with Gasteiger partial charge >= 0.3 is 0 Å². The molecule has 1 N–H and O–H groups in total. The number of hydrogen-bond donors (Lipinski definition) is 1. The fraction of sp³-hybridized carbons (Fsp3) is 0.357.